The third-order valence-electron chi connectivity index (χ3n) is 6.15. The van der Waals surface area contributed by atoms with Gasteiger partial charge in [0.25, 0.3) is 5.91 Å². The lowest BCUT2D eigenvalue weighted by Crippen LogP contribution is -2.46. The molecule has 0 saturated carbocycles. The van der Waals surface area contributed by atoms with Gasteiger partial charge in [0.15, 0.2) is 21.3 Å². The Kier molecular flexibility index (Phi) is 5.36. The first-order valence-corrected chi connectivity index (χ1v) is 12.8. The van der Waals surface area contributed by atoms with Gasteiger partial charge in [-0.3, -0.25) is 9.20 Å². The molecule has 0 aliphatic carbocycles. The molecule has 5 heterocycles. The Morgan fingerprint density at radius 2 is 2.18 bits per heavy atom. The Hall–Kier alpha value is -3.38. The minimum absolute atomic E-state index is 0.0394. The summed E-state index contributed by atoms with van der Waals surface area (Å²) in [5, 5.41) is 7.06. The normalized spacial score (nSPS) is 18.9. The molecular formula is C21H23ClN8O3S. The van der Waals surface area contributed by atoms with E-state index < -0.39 is 27.0 Å². The molecule has 5 rings (SSSR count). The lowest BCUT2D eigenvalue weighted by molar-refractivity contribution is 0.0942. The molecule has 4 aromatic rings. The number of carbonyl (C=O) groups is 1. The number of halogens is 1. The number of nitrogens with zero attached hydrogens (tertiary/aromatic N) is 6. The maximum Gasteiger partial charge on any atom is 0.259 e. The van der Waals surface area contributed by atoms with Crippen molar-refractivity contribution in [1.29, 1.82) is 0 Å². The standard InChI is InChI=1S/C21H23ClN8O3S/c1-12-10-28(6-7-34(12,32)33)21-14(8-15(22)16-9-24-11-29(16)21)13(2)26-20(31)17-18(23)27-30-5-3-4-25-19(17)30/h3-5,8-9,11-13H,6-7,10H2,1-2H3,(H2,23,27)(H,26,31)/t12?,13-/m0/s1. The van der Waals surface area contributed by atoms with Crippen LogP contribution in [-0.4, -0.2) is 62.4 Å². The van der Waals surface area contributed by atoms with Crippen molar-refractivity contribution >= 4 is 50.1 Å². The third-order valence-corrected chi connectivity index (χ3v) is 8.58. The number of nitrogens with two attached hydrogens (primary N) is 1. The van der Waals surface area contributed by atoms with Gasteiger partial charge in [-0.25, -0.2) is 22.9 Å². The van der Waals surface area contributed by atoms with Crippen LogP contribution in [0.1, 0.15) is 35.8 Å². The van der Waals surface area contributed by atoms with Gasteiger partial charge in [-0.2, -0.15) is 0 Å². The molecule has 11 nitrogen and oxygen atoms in total. The van der Waals surface area contributed by atoms with Crippen molar-refractivity contribution in [2.45, 2.75) is 25.1 Å². The largest absolute Gasteiger partial charge is 0.381 e. The fourth-order valence-electron chi connectivity index (χ4n) is 4.32. The predicted octanol–water partition coefficient (Wildman–Crippen LogP) is 1.73. The number of nitrogen functional groups attached to an aromatic ring is 1. The molecule has 0 radical (unpaired) electrons. The van der Waals surface area contributed by atoms with Crippen LogP contribution in [0.2, 0.25) is 5.02 Å². The summed E-state index contributed by atoms with van der Waals surface area (Å²) >= 11 is 6.54. The average molecular weight is 503 g/mol. The quantitative estimate of drug-likeness (QED) is 0.430. The van der Waals surface area contributed by atoms with Crippen LogP contribution in [0.15, 0.2) is 37.1 Å². The van der Waals surface area contributed by atoms with Gasteiger partial charge < -0.3 is 16.0 Å². The molecule has 4 aromatic heterocycles. The molecule has 0 bridgehead atoms. The highest BCUT2D eigenvalue weighted by molar-refractivity contribution is 7.92. The number of aromatic nitrogens is 5. The minimum atomic E-state index is -3.15. The average Bonchev–Trinajstić information content (AvgIpc) is 3.40. The van der Waals surface area contributed by atoms with Crippen LogP contribution in [-0.2, 0) is 9.84 Å². The first-order chi connectivity index (χ1) is 16.2. The van der Waals surface area contributed by atoms with Gasteiger partial charge in [-0.15, -0.1) is 5.10 Å². The van der Waals surface area contributed by atoms with E-state index in [0.717, 1.165) is 11.4 Å². The lowest BCUT2D eigenvalue weighted by Gasteiger charge is -2.35. The molecule has 1 aliphatic rings. The van der Waals surface area contributed by atoms with Crippen LogP contribution < -0.4 is 16.0 Å². The van der Waals surface area contributed by atoms with E-state index in [1.807, 2.05) is 16.2 Å². The van der Waals surface area contributed by atoms with Crippen LogP contribution in [0, 0.1) is 0 Å². The van der Waals surface area contributed by atoms with Crippen LogP contribution in [0.5, 0.6) is 0 Å². The van der Waals surface area contributed by atoms with Crippen molar-refractivity contribution < 1.29 is 13.2 Å². The van der Waals surface area contributed by atoms with Crippen molar-refractivity contribution in [2.24, 2.45) is 0 Å². The molecule has 0 spiro atoms. The van der Waals surface area contributed by atoms with Gasteiger partial charge in [0.2, 0.25) is 0 Å². The van der Waals surface area contributed by atoms with E-state index in [1.165, 1.54) is 4.52 Å². The van der Waals surface area contributed by atoms with E-state index in [0.29, 0.717) is 29.3 Å². The van der Waals surface area contributed by atoms with Gasteiger partial charge in [-0.1, -0.05) is 11.6 Å². The van der Waals surface area contributed by atoms with Gasteiger partial charge in [-0.05, 0) is 26.0 Å². The van der Waals surface area contributed by atoms with Gasteiger partial charge >= 0.3 is 0 Å². The second-order valence-corrected chi connectivity index (χ2v) is 11.3. The number of imidazole rings is 1. The summed E-state index contributed by atoms with van der Waals surface area (Å²) in [7, 11) is -3.15. The van der Waals surface area contributed by atoms with Crippen LogP contribution in [0.4, 0.5) is 11.6 Å². The molecule has 0 aromatic carbocycles. The fraction of sp³-hybridized carbons (Fsp3) is 0.333. The highest BCUT2D eigenvalue weighted by atomic mass is 35.5. The number of anilines is 2. The van der Waals surface area contributed by atoms with E-state index in [1.54, 1.807) is 44.0 Å². The maximum atomic E-state index is 13.2. The van der Waals surface area contributed by atoms with Crippen molar-refractivity contribution in [3.05, 3.63) is 53.2 Å². The number of rotatable bonds is 4. The number of carbonyl (C=O) groups excluding carboxylic acids is 1. The molecule has 178 valence electrons. The van der Waals surface area contributed by atoms with Gasteiger partial charge in [0.05, 0.1) is 33.8 Å². The minimum Gasteiger partial charge on any atom is -0.381 e. The number of nitrogens with one attached hydrogen (secondary N) is 1. The van der Waals surface area contributed by atoms with Gasteiger partial charge in [0, 0.05) is 31.0 Å². The third kappa shape index (κ3) is 3.62. The molecule has 1 amide bonds. The number of amides is 1. The highest BCUT2D eigenvalue weighted by Gasteiger charge is 2.33. The first-order valence-electron chi connectivity index (χ1n) is 10.7. The van der Waals surface area contributed by atoms with Crippen molar-refractivity contribution in [1.82, 2.24) is 29.3 Å². The van der Waals surface area contributed by atoms with Crippen LogP contribution >= 0.6 is 11.6 Å². The van der Waals surface area contributed by atoms with Crippen LogP contribution in [0.25, 0.3) is 11.2 Å². The first kappa shape index (κ1) is 22.4. The van der Waals surface area contributed by atoms with E-state index in [9.17, 15) is 13.2 Å². The molecule has 1 fully saturated rings. The number of pyridine rings is 1. The molecule has 34 heavy (non-hydrogen) atoms. The van der Waals surface area contributed by atoms with Crippen LogP contribution in [0.3, 0.4) is 0 Å². The zero-order chi connectivity index (χ0) is 24.2. The molecule has 13 heteroatoms. The SMILES string of the molecule is CC1CN(c2c([C@H](C)NC(=O)c3c(N)nn4cccnc34)cc(Cl)c3cncn23)CCS1(=O)=O. The van der Waals surface area contributed by atoms with Crippen molar-refractivity contribution in [3.63, 3.8) is 0 Å². The van der Waals surface area contributed by atoms with Crippen molar-refractivity contribution in [3.8, 4) is 0 Å². The van der Waals surface area contributed by atoms with E-state index >= 15 is 0 Å². The summed E-state index contributed by atoms with van der Waals surface area (Å²) in [4.78, 5) is 23.7. The van der Waals surface area contributed by atoms with Gasteiger partial charge in [0.1, 0.15) is 17.7 Å². The van der Waals surface area contributed by atoms with E-state index in [2.05, 4.69) is 20.4 Å². The predicted molar refractivity (Wildman–Crippen MR) is 129 cm³/mol. The second-order valence-electron chi connectivity index (χ2n) is 8.39. The summed E-state index contributed by atoms with van der Waals surface area (Å²) in [6, 6.07) is 2.97. The lowest BCUT2D eigenvalue weighted by atomic mass is 10.1. The molecule has 1 saturated heterocycles. The summed E-state index contributed by atoms with van der Waals surface area (Å²) in [5.41, 5.74) is 7.95. The molecular weight excluding hydrogens is 480 g/mol. The summed E-state index contributed by atoms with van der Waals surface area (Å²) < 4.78 is 27.9. The summed E-state index contributed by atoms with van der Waals surface area (Å²) in [6.45, 7) is 4.17. The topological polar surface area (TPSA) is 140 Å². The van der Waals surface area contributed by atoms with E-state index in [-0.39, 0.29) is 17.1 Å². The Morgan fingerprint density at radius 1 is 1.38 bits per heavy atom. The second kappa shape index (κ2) is 8.13. The molecule has 1 unspecified atom stereocenters. The molecule has 1 aliphatic heterocycles. The monoisotopic (exact) mass is 502 g/mol. The number of hydrogen-bond donors (Lipinski definition) is 2. The number of hydrogen-bond acceptors (Lipinski definition) is 8. The zero-order valence-electron chi connectivity index (χ0n) is 18.5. The van der Waals surface area contributed by atoms with E-state index in [4.69, 9.17) is 17.3 Å². The smallest absolute Gasteiger partial charge is 0.259 e. The Morgan fingerprint density at radius 3 is 2.94 bits per heavy atom. The summed E-state index contributed by atoms with van der Waals surface area (Å²) in [6.07, 6.45) is 6.51. The maximum absolute atomic E-state index is 13.2. The highest BCUT2D eigenvalue weighted by Crippen LogP contribution is 2.34. The Labute approximate surface area is 200 Å². The Bertz CT molecular complexity index is 1530. The van der Waals surface area contributed by atoms with Crippen molar-refractivity contribution in [2.75, 3.05) is 29.5 Å². The fourth-order valence-corrected chi connectivity index (χ4v) is 5.86. The zero-order valence-corrected chi connectivity index (χ0v) is 20.1. The molecule has 3 N–H and O–H groups in total. The molecule has 2 atom stereocenters. The summed E-state index contributed by atoms with van der Waals surface area (Å²) in [5.74, 6) is 0.415. The number of sulfone groups is 1. The number of fused-ring (bicyclic) bond motifs is 2. The Balaban J connectivity index is 1.55.